The maximum Gasteiger partial charge on any atom is 0.351 e. The number of nitrogens with zero attached hydrogens (tertiary/aromatic N) is 1. The molecule has 2 aromatic rings. The van der Waals surface area contributed by atoms with Crippen molar-refractivity contribution in [1.82, 2.24) is 0 Å². The van der Waals surface area contributed by atoms with Crippen LogP contribution in [-0.4, -0.2) is 29.5 Å². The number of carbonyl (C=O) groups is 1. The largest absolute Gasteiger partial charge is 0.508 e. The van der Waals surface area contributed by atoms with Gasteiger partial charge in [-0.05, 0) is 48.9 Å². The van der Waals surface area contributed by atoms with Gasteiger partial charge in [0, 0.05) is 11.3 Å². The van der Waals surface area contributed by atoms with Crippen LogP contribution in [0.1, 0.15) is 24.0 Å². The number of phenolic OH excluding ortho intramolecular Hbond substituents is 1. The summed E-state index contributed by atoms with van der Waals surface area (Å²) in [7, 11) is 0. The normalized spacial score (nSPS) is 19.5. The molecule has 0 saturated heterocycles. The summed E-state index contributed by atoms with van der Waals surface area (Å²) in [5.41, 5.74) is 8.61. The van der Waals surface area contributed by atoms with Crippen molar-refractivity contribution in [1.29, 1.82) is 0 Å². The number of hydrogen-bond acceptors (Lipinski definition) is 6. The number of carbonyl (C=O) groups excluding carboxylic acids is 1. The minimum atomic E-state index is -0.850. The Balaban J connectivity index is 1.99. The van der Waals surface area contributed by atoms with Crippen LogP contribution in [0.4, 0.5) is 5.69 Å². The first kappa shape index (κ1) is 15.9. The quantitative estimate of drug-likeness (QED) is 0.665. The molecule has 0 radical (unpaired) electrons. The molecule has 0 fully saturated rings. The van der Waals surface area contributed by atoms with Crippen LogP contribution in [0.2, 0.25) is 0 Å². The van der Waals surface area contributed by atoms with E-state index in [0.717, 1.165) is 11.1 Å². The first-order chi connectivity index (χ1) is 11.6. The Morgan fingerprint density at radius 1 is 1.21 bits per heavy atom. The van der Waals surface area contributed by atoms with Crippen molar-refractivity contribution in [2.45, 2.75) is 18.9 Å². The molecule has 3 rings (SSSR count). The SMILES string of the molecule is CCOC(=O)C1ON=C(c2ccc(O)cc2)C1c1ccc(N)cc1. The van der Waals surface area contributed by atoms with Gasteiger partial charge in [0.1, 0.15) is 5.75 Å². The maximum atomic E-state index is 12.2. The Morgan fingerprint density at radius 2 is 1.88 bits per heavy atom. The van der Waals surface area contributed by atoms with E-state index < -0.39 is 18.0 Å². The van der Waals surface area contributed by atoms with E-state index in [4.69, 9.17) is 15.3 Å². The fourth-order valence-electron chi connectivity index (χ4n) is 2.68. The highest BCUT2D eigenvalue weighted by Crippen LogP contribution is 2.34. The molecule has 0 aromatic heterocycles. The molecule has 6 nitrogen and oxygen atoms in total. The zero-order valence-electron chi connectivity index (χ0n) is 13.2. The van der Waals surface area contributed by atoms with Gasteiger partial charge in [0.05, 0.1) is 18.2 Å². The number of ether oxygens (including phenoxy) is 1. The number of esters is 1. The molecule has 6 heteroatoms. The second-order valence-corrected chi connectivity index (χ2v) is 5.45. The fourth-order valence-corrected chi connectivity index (χ4v) is 2.68. The van der Waals surface area contributed by atoms with Crippen molar-refractivity contribution in [2.75, 3.05) is 12.3 Å². The van der Waals surface area contributed by atoms with Crippen LogP contribution in [0.15, 0.2) is 53.7 Å². The van der Waals surface area contributed by atoms with Gasteiger partial charge in [0.2, 0.25) is 6.10 Å². The zero-order chi connectivity index (χ0) is 17.1. The molecule has 24 heavy (non-hydrogen) atoms. The molecule has 2 aromatic carbocycles. The van der Waals surface area contributed by atoms with Gasteiger partial charge >= 0.3 is 5.97 Å². The summed E-state index contributed by atoms with van der Waals surface area (Å²) >= 11 is 0. The predicted octanol–water partition coefficient (Wildman–Crippen LogP) is 2.42. The third-order valence-electron chi connectivity index (χ3n) is 3.84. The molecule has 0 bridgehead atoms. The van der Waals surface area contributed by atoms with Crippen molar-refractivity contribution >= 4 is 17.4 Å². The number of oxime groups is 1. The molecule has 0 aliphatic carbocycles. The van der Waals surface area contributed by atoms with Crippen LogP contribution in [0.25, 0.3) is 0 Å². The average molecular weight is 326 g/mol. The lowest BCUT2D eigenvalue weighted by atomic mass is 9.86. The standard InChI is InChI=1S/C18H18N2O4/c1-2-23-18(22)17-15(11-3-7-13(19)8-4-11)16(20-24-17)12-5-9-14(21)10-6-12/h3-10,15,17,21H,2,19H2,1H3. The number of nitrogens with two attached hydrogens (primary N) is 1. The van der Waals surface area contributed by atoms with E-state index in [9.17, 15) is 9.90 Å². The number of anilines is 1. The van der Waals surface area contributed by atoms with Crippen molar-refractivity contribution < 1.29 is 19.5 Å². The molecule has 1 aliphatic heterocycles. The highest BCUT2D eigenvalue weighted by molar-refractivity contribution is 6.08. The summed E-state index contributed by atoms with van der Waals surface area (Å²) in [6, 6.07) is 13.8. The topological polar surface area (TPSA) is 94.1 Å². The molecule has 1 aliphatic rings. The van der Waals surface area contributed by atoms with Crippen LogP contribution in [-0.2, 0) is 14.4 Å². The predicted molar refractivity (Wildman–Crippen MR) is 89.7 cm³/mol. The lowest BCUT2D eigenvalue weighted by molar-refractivity contribution is -0.155. The minimum absolute atomic E-state index is 0.157. The molecule has 0 amide bonds. The smallest absolute Gasteiger partial charge is 0.351 e. The number of hydrogen-bond donors (Lipinski definition) is 2. The Morgan fingerprint density at radius 3 is 2.50 bits per heavy atom. The average Bonchev–Trinajstić information content (AvgIpc) is 3.01. The highest BCUT2D eigenvalue weighted by Gasteiger charge is 2.42. The van der Waals surface area contributed by atoms with Crippen molar-refractivity contribution in [3.8, 4) is 5.75 Å². The first-order valence-corrected chi connectivity index (χ1v) is 7.65. The molecular weight excluding hydrogens is 308 g/mol. The number of aromatic hydroxyl groups is 1. The molecule has 0 spiro atoms. The van der Waals surface area contributed by atoms with Gasteiger partial charge in [0.25, 0.3) is 0 Å². The summed E-state index contributed by atoms with van der Waals surface area (Å²) in [6.07, 6.45) is -0.850. The Hall–Kier alpha value is -3.02. The Bertz CT molecular complexity index is 754. The summed E-state index contributed by atoms with van der Waals surface area (Å²) in [5, 5.41) is 13.6. The van der Waals surface area contributed by atoms with E-state index in [1.807, 2.05) is 12.1 Å². The molecule has 2 unspecified atom stereocenters. The molecule has 1 heterocycles. The molecule has 0 saturated carbocycles. The van der Waals surface area contributed by atoms with Gasteiger partial charge in [-0.15, -0.1) is 0 Å². The lowest BCUT2D eigenvalue weighted by Crippen LogP contribution is -2.31. The summed E-state index contributed by atoms with van der Waals surface area (Å²) in [6.45, 7) is 2.01. The van der Waals surface area contributed by atoms with E-state index in [2.05, 4.69) is 5.16 Å². The zero-order valence-corrected chi connectivity index (χ0v) is 13.2. The van der Waals surface area contributed by atoms with Gasteiger partial charge in [0.15, 0.2) is 0 Å². The van der Waals surface area contributed by atoms with E-state index in [-0.39, 0.29) is 12.4 Å². The number of phenols is 1. The third-order valence-corrected chi connectivity index (χ3v) is 3.84. The molecular formula is C18H18N2O4. The first-order valence-electron chi connectivity index (χ1n) is 7.65. The van der Waals surface area contributed by atoms with Crippen LogP contribution in [0.5, 0.6) is 5.75 Å². The van der Waals surface area contributed by atoms with Crippen LogP contribution in [0, 0.1) is 0 Å². The Kier molecular flexibility index (Phi) is 4.37. The van der Waals surface area contributed by atoms with Crippen LogP contribution < -0.4 is 5.73 Å². The van der Waals surface area contributed by atoms with E-state index in [1.54, 1.807) is 43.3 Å². The maximum absolute atomic E-state index is 12.2. The second-order valence-electron chi connectivity index (χ2n) is 5.45. The fraction of sp³-hybridized carbons (Fsp3) is 0.222. The van der Waals surface area contributed by atoms with Gasteiger partial charge < -0.3 is 20.4 Å². The van der Waals surface area contributed by atoms with E-state index in [0.29, 0.717) is 11.4 Å². The molecule has 3 N–H and O–H groups in total. The number of benzene rings is 2. The molecule has 124 valence electrons. The lowest BCUT2D eigenvalue weighted by Gasteiger charge is -2.18. The molecule has 2 atom stereocenters. The number of rotatable bonds is 4. The monoisotopic (exact) mass is 326 g/mol. The minimum Gasteiger partial charge on any atom is -0.508 e. The Labute approximate surface area is 139 Å². The van der Waals surface area contributed by atoms with Crippen molar-refractivity contribution in [3.63, 3.8) is 0 Å². The van der Waals surface area contributed by atoms with Gasteiger partial charge in [-0.3, -0.25) is 0 Å². The number of nitrogen functional groups attached to an aromatic ring is 1. The van der Waals surface area contributed by atoms with Crippen molar-refractivity contribution in [3.05, 3.63) is 59.7 Å². The van der Waals surface area contributed by atoms with Gasteiger partial charge in [-0.2, -0.15) is 0 Å². The van der Waals surface area contributed by atoms with Crippen LogP contribution in [0.3, 0.4) is 0 Å². The third kappa shape index (κ3) is 3.03. The van der Waals surface area contributed by atoms with Gasteiger partial charge in [-0.25, -0.2) is 4.79 Å². The summed E-state index contributed by atoms with van der Waals surface area (Å²) in [5.74, 6) is -0.713. The van der Waals surface area contributed by atoms with Gasteiger partial charge in [-0.1, -0.05) is 17.3 Å². The highest BCUT2D eigenvalue weighted by atomic mass is 16.7. The summed E-state index contributed by atoms with van der Waals surface area (Å²) < 4.78 is 5.10. The van der Waals surface area contributed by atoms with Crippen molar-refractivity contribution in [2.24, 2.45) is 5.16 Å². The summed E-state index contributed by atoms with van der Waals surface area (Å²) in [4.78, 5) is 17.6. The van der Waals surface area contributed by atoms with E-state index >= 15 is 0 Å². The van der Waals surface area contributed by atoms with E-state index in [1.165, 1.54) is 0 Å². The second kappa shape index (κ2) is 6.62. The van der Waals surface area contributed by atoms with Crippen LogP contribution >= 0.6 is 0 Å².